The molecule has 0 radical (unpaired) electrons. The lowest BCUT2D eigenvalue weighted by molar-refractivity contribution is 0.101. The number of carbonyl (C=O) groups is 1. The molecule has 0 atom stereocenters. The van der Waals surface area contributed by atoms with Crippen molar-refractivity contribution in [2.24, 2.45) is 0 Å². The number of aromatic nitrogens is 3. The number of hydrogen-bond donors (Lipinski definition) is 0. The van der Waals surface area contributed by atoms with Crippen LogP contribution in [0.15, 0.2) is 35.7 Å². The van der Waals surface area contributed by atoms with Crippen LogP contribution in [0, 0.1) is 0 Å². The summed E-state index contributed by atoms with van der Waals surface area (Å²) >= 11 is 1.39. The first-order valence-electron chi connectivity index (χ1n) is 6.32. The Hall–Kier alpha value is -1.82. The van der Waals surface area contributed by atoms with Crippen LogP contribution in [0.3, 0.4) is 0 Å². The lowest BCUT2D eigenvalue weighted by Gasteiger charge is -2.10. The van der Waals surface area contributed by atoms with Crippen LogP contribution >= 0.6 is 11.8 Å². The molecule has 0 amide bonds. The maximum atomic E-state index is 12.2. The summed E-state index contributed by atoms with van der Waals surface area (Å²) in [7, 11) is 1.56. The maximum absolute atomic E-state index is 12.2. The molecule has 1 aromatic heterocycles. The van der Waals surface area contributed by atoms with Gasteiger partial charge in [0.15, 0.2) is 10.9 Å². The zero-order valence-electron chi connectivity index (χ0n) is 11.7. The van der Waals surface area contributed by atoms with Crippen LogP contribution in [0.25, 0.3) is 0 Å². The van der Waals surface area contributed by atoms with Gasteiger partial charge < -0.3 is 9.30 Å². The van der Waals surface area contributed by atoms with E-state index in [2.05, 4.69) is 24.0 Å². The van der Waals surface area contributed by atoms with Gasteiger partial charge in [-0.1, -0.05) is 23.9 Å². The van der Waals surface area contributed by atoms with Crippen molar-refractivity contribution in [1.29, 1.82) is 0 Å². The van der Waals surface area contributed by atoms with E-state index in [0.717, 1.165) is 5.16 Å². The van der Waals surface area contributed by atoms with E-state index < -0.39 is 0 Å². The fourth-order valence-electron chi connectivity index (χ4n) is 1.77. The van der Waals surface area contributed by atoms with Crippen molar-refractivity contribution >= 4 is 17.5 Å². The minimum Gasteiger partial charge on any atom is -0.496 e. The van der Waals surface area contributed by atoms with Crippen LogP contribution < -0.4 is 4.74 Å². The zero-order valence-corrected chi connectivity index (χ0v) is 12.6. The first kappa shape index (κ1) is 14.6. The molecule has 0 N–H and O–H groups in total. The third kappa shape index (κ3) is 3.19. The lowest BCUT2D eigenvalue weighted by Crippen LogP contribution is -2.07. The summed E-state index contributed by atoms with van der Waals surface area (Å²) in [5, 5.41) is 8.68. The van der Waals surface area contributed by atoms with E-state index >= 15 is 0 Å². The Morgan fingerprint density at radius 3 is 2.85 bits per heavy atom. The molecular weight excluding hydrogens is 274 g/mol. The summed E-state index contributed by atoms with van der Waals surface area (Å²) < 4.78 is 7.15. The second-order valence-corrected chi connectivity index (χ2v) is 5.47. The number of nitrogens with zero attached hydrogens (tertiary/aromatic N) is 3. The highest BCUT2D eigenvalue weighted by Gasteiger charge is 2.14. The molecule has 5 nitrogen and oxygen atoms in total. The van der Waals surface area contributed by atoms with Crippen molar-refractivity contribution in [1.82, 2.24) is 14.8 Å². The molecule has 0 aliphatic carbocycles. The average Bonchev–Trinajstić information content (AvgIpc) is 2.93. The number of thioether (sulfide) groups is 1. The number of carbonyl (C=O) groups excluding carboxylic acids is 1. The first-order valence-corrected chi connectivity index (χ1v) is 7.30. The minimum atomic E-state index is 0.0192. The van der Waals surface area contributed by atoms with Crippen LogP contribution in [0.4, 0.5) is 0 Å². The van der Waals surface area contributed by atoms with Gasteiger partial charge in [0.25, 0.3) is 0 Å². The van der Waals surface area contributed by atoms with Crippen LogP contribution in [-0.4, -0.2) is 33.4 Å². The number of ketones is 1. The van der Waals surface area contributed by atoms with Crippen molar-refractivity contribution in [3.63, 3.8) is 0 Å². The molecule has 2 aromatic rings. The number of para-hydroxylation sites is 1. The smallest absolute Gasteiger partial charge is 0.191 e. The van der Waals surface area contributed by atoms with E-state index in [1.54, 1.807) is 25.6 Å². The summed E-state index contributed by atoms with van der Waals surface area (Å²) in [6, 6.07) is 7.51. The molecule has 0 fully saturated rings. The number of rotatable bonds is 6. The molecule has 0 spiro atoms. The summed E-state index contributed by atoms with van der Waals surface area (Å²) in [4.78, 5) is 12.2. The molecule has 2 rings (SSSR count). The standard InChI is InChI=1S/C14H17N3O2S/c1-10(2)17-9-15-16-14(17)20-8-12(18)11-6-4-5-7-13(11)19-3/h4-7,9-10H,8H2,1-3H3. The molecule has 1 heterocycles. The summed E-state index contributed by atoms with van der Waals surface area (Å²) in [5.74, 6) is 0.931. The predicted molar refractivity (Wildman–Crippen MR) is 78.5 cm³/mol. The van der Waals surface area contributed by atoms with Gasteiger partial charge in [0.05, 0.1) is 18.4 Å². The minimum absolute atomic E-state index is 0.0192. The SMILES string of the molecule is COc1ccccc1C(=O)CSc1nncn1C(C)C. The van der Waals surface area contributed by atoms with Gasteiger partial charge in [-0.3, -0.25) is 4.79 Å². The fraction of sp³-hybridized carbons (Fsp3) is 0.357. The summed E-state index contributed by atoms with van der Waals surface area (Å²) in [6.07, 6.45) is 1.68. The molecule has 20 heavy (non-hydrogen) atoms. The fourth-order valence-corrected chi connectivity index (χ4v) is 2.70. The van der Waals surface area contributed by atoms with Gasteiger partial charge in [0, 0.05) is 6.04 Å². The third-order valence-electron chi connectivity index (χ3n) is 2.84. The van der Waals surface area contributed by atoms with Crippen LogP contribution in [-0.2, 0) is 0 Å². The Labute approximate surface area is 122 Å². The summed E-state index contributed by atoms with van der Waals surface area (Å²) in [6.45, 7) is 4.10. The van der Waals surface area contributed by atoms with E-state index in [1.165, 1.54) is 11.8 Å². The molecule has 1 aromatic carbocycles. The number of ether oxygens (including phenoxy) is 1. The predicted octanol–water partition coefficient (Wildman–Crippen LogP) is 2.84. The van der Waals surface area contributed by atoms with Crippen molar-refractivity contribution in [2.75, 3.05) is 12.9 Å². The number of benzene rings is 1. The molecule has 0 saturated carbocycles. The Bertz CT molecular complexity index is 596. The zero-order chi connectivity index (χ0) is 14.5. The Morgan fingerprint density at radius 2 is 2.15 bits per heavy atom. The van der Waals surface area contributed by atoms with Gasteiger partial charge in [-0.2, -0.15) is 0 Å². The van der Waals surface area contributed by atoms with Crippen molar-refractivity contribution in [3.05, 3.63) is 36.2 Å². The maximum Gasteiger partial charge on any atom is 0.191 e. The monoisotopic (exact) mass is 291 g/mol. The quantitative estimate of drug-likeness (QED) is 0.605. The highest BCUT2D eigenvalue weighted by molar-refractivity contribution is 7.99. The van der Waals surface area contributed by atoms with E-state index in [0.29, 0.717) is 17.1 Å². The van der Waals surface area contributed by atoms with Gasteiger partial charge in [0.2, 0.25) is 0 Å². The van der Waals surface area contributed by atoms with Gasteiger partial charge in [0.1, 0.15) is 12.1 Å². The van der Waals surface area contributed by atoms with Gasteiger partial charge in [-0.05, 0) is 26.0 Å². The van der Waals surface area contributed by atoms with Crippen molar-refractivity contribution < 1.29 is 9.53 Å². The first-order chi connectivity index (χ1) is 9.63. The topological polar surface area (TPSA) is 57.0 Å². The van der Waals surface area contributed by atoms with Crippen LogP contribution in [0.1, 0.15) is 30.2 Å². The lowest BCUT2D eigenvalue weighted by atomic mass is 10.1. The van der Waals surface area contributed by atoms with Gasteiger partial charge in [-0.25, -0.2) is 0 Å². The third-order valence-corrected chi connectivity index (χ3v) is 3.79. The normalized spacial score (nSPS) is 10.8. The Kier molecular flexibility index (Phi) is 4.79. The molecule has 0 unspecified atom stereocenters. The summed E-state index contributed by atoms with van der Waals surface area (Å²) in [5.41, 5.74) is 0.595. The van der Waals surface area contributed by atoms with E-state index in [9.17, 15) is 4.79 Å². The number of hydrogen-bond acceptors (Lipinski definition) is 5. The number of methoxy groups -OCH3 is 1. The molecule has 106 valence electrons. The molecule has 0 aliphatic heterocycles. The van der Waals surface area contributed by atoms with E-state index in [4.69, 9.17) is 4.74 Å². The van der Waals surface area contributed by atoms with E-state index in [-0.39, 0.29) is 11.8 Å². The second-order valence-electron chi connectivity index (χ2n) is 4.53. The molecular formula is C14H17N3O2S. The van der Waals surface area contributed by atoms with E-state index in [1.807, 2.05) is 16.7 Å². The van der Waals surface area contributed by atoms with Gasteiger partial charge >= 0.3 is 0 Å². The largest absolute Gasteiger partial charge is 0.496 e. The Morgan fingerprint density at radius 1 is 1.40 bits per heavy atom. The Balaban J connectivity index is 2.07. The molecule has 0 saturated heterocycles. The average molecular weight is 291 g/mol. The van der Waals surface area contributed by atoms with Crippen LogP contribution in [0.5, 0.6) is 5.75 Å². The highest BCUT2D eigenvalue weighted by atomic mass is 32.2. The second kappa shape index (κ2) is 6.56. The molecule has 6 heteroatoms. The van der Waals surface area contributed by atoms with Crippen molar-refractivity contribution in [3.8, 4) is 5.75 Å². The highest BCUT2D eigenvalue weighted by Crippen LogP contribution is 2.23. The molecule has 0 aliphatic rings. The number of Topliss-reactive ketones (excluding diaryl/α,β-unsaturated/α-hetero) is 1. The van der Waals surface area contributed by atoms with Crippen LogP contribution in [0.2, 0.25) is 0 Å². The molecule has 0 bridgehead atoms. The van der Waals surface area contributed by atoms with Crippen molar-refractivity contribution in [2.45, 2.75) is 25.0 Å². The van der Waals surface area contributed by atoms with Gasteiger partial charge in [-0.15, -0.1) is 10.2 Å².